The highest BCUT2D eigenvalue weighted by Gasteiger charge is 1.99. The number of hydrogen-bond donors (Lipinski definition) is 0. The summed E-state index contributed by atoms with van der Waals surface area (Å²) >= 11 is 0. The van der Waals surface area contributed by atoms with Gasteiger partial charge in [0, 0.05) is 6.61 Å². The Bertz CT molecular complexity index is 115. The molecular weight excluding hydrogens is 142 g/mol. The molecule has 0 aromatic heterocycles. The van der Waals surface area contributed by atoms with Crippen LogP contribution in [0.3, 0.4) is 0 Å². The van der Waals surface area contributed by atoms with Gasteiger partial charge >= 0.3 is 0 Å². The van der Waals surface area contributed by atoms with Crippen LogP contribution in [0.5, 0.6) is 0 Å². The van der Waals surface area contributed by atoms with Gasteiger partial charge in [-0.15, -0.1) is 0 Å². The van der Waals surface area contributed by atoms with Crippen molar-refractivity contribution in [2.75, 3.05) is 26.9 Å². The van der Waals surface area contributed by atoms with Crippen LogP contribution in [-0.4, -0.2) is 37.6 Å². The van der Waals surface area contributed by atoms with Gasteiger partial charge in [0.1, 0.15) is 5.78 Å². The second-order valence-electron chi connectivity index (χ2n) is 2.75. The Morgan fingerprint density at radius 1 is 1.55 bits per heavy atom. The average Bonchev–Trinajstić information content (AvgIpc) is 1.86. The van der Waals surface area contributed by atoms with Crippen LogP contribution >= 0.6 is 0 Å². The van der Waals surface area contributed by atoms with Gasteiger partial charge in [0.25, 0.3) is 0 Å². The second-order valence-corrected chi connectivity index (χ2v) is 2.75. The Balaban J connectivity index is 3.22. The summed E-state index contributed by atoms with van der Waals surface area (Å²) in [4.78, 5) is 12.4. The highest BCUT2D eigenvalue weighted by Crippen LogP contribution is 1.86. The molecule has 0 heterocycles. The number of rotatable bonds is 6. The van der Waals surface area contributed by atoms with E-state index in [1.165, 1.54) is 0 Å². The molecule has 0 aliphatic carbocycles. The molecule has 0 radical (unpaired) electrons. The molecule has 0 aromatic carbocycles. The van der Waals surface area contributed by atoms with E-state index in [4.69, 9.17) is 4.74 Å². The molecule has 11 heavy (non-hydrogen) atoms. The molecule has 0 aliphatic rings. The number of hydrogen-bond acceptors (Lipinski definition) is 3. The first-order chi connectivity index (χ1) is 5.16. The number of carbonyl (C=O) groups is 1. The third-order valence-electron chi connectivity index (χ3n) is 1.15. The van der Waals surface area contributed by atoms with E-state index in [0.29, 0.717) is 13.3 Å². The maximum atomic E-state index is 10.6. The summed E-state index contributed by atoms with van der Waals surface area (Å²) < 4.78 is 5.22. The van der Waals surface area contributed by atoms with Crippen molar-refractivity contribution in [3.05, 3.63) is 0 Å². The van der Waals surface area contributed by atoms with Crippen molar-refractivity contribution >= 4 is 5.78 Å². The first-order valence-electron chi connectivity index (χ1n) is 3.92. The van der Waals surface area contributed by atoms with Gasteiger partial charge in [-0.05, 0) is 20.4 Å². The van der Waals surface area contributed by atoms with Crippen molar-refractivity contribution in [2.24, 2.45) is 0 Å². The van der Waals surface area contributed by atoms with E-state index in [0.717, 1.165) is 13.0 Å². The molecule has 0 N–H and O–H groups in total. The molecule has 0 aliphatic heterocycles. The summed E-state index contributed by atoms with van der Waals surface area (Å²) in [5.74, 6) is 0.174. The van der Waals surface area contributed by atoms with E-state index in [1.807, 2.05) is 11.9 Å². The number of Topliss-reactive ketones (excluding diaryl/α,β-unsaturated/α-hetero) is 1. The molecule has 0 saturated carbocycles. The Morgan fingerprint density at radius 2 is 2.18 bits per heavy atom. The molecule has 0 saturated heterocycles. The molecule has 0 fully saturated rings. The van der Waals surface area contributed by atoms with Crippen LogP contribution in [0.2, 0.25) is 0 Å². The fourth-order valence-electron chi connectivity index (χ4n) is 0.790. The van der Waals surface area contributed by atoms with Gasteiger partial charge in [-0.2, -0.15) is 0 Å². The lowest BCUT2D eigenvalue weighted by atomic mass is 10.4. The van der Waals surface area contributed by atoms with Crippen LogP contribution in [0.25, 0.3) is 0 Å². The highest BCUT2D eigenvalue weighted by molar-refractivity contribution is 5.77. The van der Waals surface area contributed by atoms with Gasteiger partial charge < -0.3 is 4.74 Å². The van der Waals surface area contributed by atoms with Crippen molar-refractivity contribution in [3.63, 3.8) is 0 Å². The zero-order chi connectivity index (χ0) is 8.69. The van der Waals surface area contributed by atoms with Crippen molar-refractivity contribution in [3.8, 4) is 0 Å². The Hall–Kier alpha value is -0.410. The summed E-state index contributed by atoms with van der Waals surface area (Å²) in [5, 5.41) is 0. The van der Waals surface area contributed by atoms with Gasteiger partial charge in [-0.3, -0.25) is 9.69 Å². The third-order valence-corrected chi connectivity index (χ3v) is 1.15. The predicted octanol–water partition coefficient (Wildman–Crippen LogP) is 0.891. The van der Waals surface area contributed by atoms with Gasteiger partial charge in [0.15, 0.2) is 0 Å². The standard InChI is InChI=1S/C8H17NO2/c1-4-5-11-7-9(3)6-8(2)10/h4-7H2,1-3H3. The maximum Gasteiger partial charge on any atom is 0.143 e. The van der Waals surface area contributed by atoms with Crippen LogP contribution in [0.15, 0.2) is 0 Å². The molecule has 0 atom stereocenters. The molecule has 3 heteroatoms. The quantitative estimate of drug-likeness (QED) is 0.426. The molecule has 66 valence electrons. The molecule has 0 amide bonds. The van der Waals surface area contributed by atoms with E-state index in [-0.39, 0.29) is 5.78 Å². The molecule has 3 nitrogen and oxygen atoms in total. The monoisotopic (exact) mass is 159 g/mol. The lowest BCUT2D eigenvalue weighted by Crippen LogP contribution is -2.27. The smallest absolute Gasteiger partial charge is 0.143 e. The van der Waals surface area contributed by atoms with Crippen LogP contribution < -0.4 is 0 Å². The average molecular weight is 159 g/mol. The SMILES string of the molecule is CCCOCN(C)CC(C)=O. The van der Waals surface area contributed by atoms with E-state index in [9.17, 15) is 4.79 Å². The fourth-order valence-corrected chi connectivity index (χ4v) is 0.790. The van der Waals surface area contributed by atoms with Crippen molar-refractivity contribution in [2.45, 2.75) is 20.3 Å². The molecular formula is C8H17NO2. The lowest BCUT2D eigenvalue weighted by molar-refractivity contribution is -0.119. The van der Waals surface area contributed by atoms with Crippen LogP contribution in [0, 0.1) is 0 Å². The first-order valence-corrected chi connectivity index (χ1v) is 3.92. The third kappa shape index (κ3) is 7.49. The largest absolute Gasteiger partial charge is 0.366 e. The van der Waals surface area contributed by atoms with Gasteiger partial charge in [-0.1, -0.05) is 6.92 Å². The fraction of sp³-hybridized carbons (Fsp3) is 0.875. The maximum absolute atomic E-state index is 10.6. The molecule has 0 rings (SSSR count). The van der Waals surface area contributed by atoms with Crippen LogP contribution in [0.1, 0.15) is 20.3 Å². The van der Waals surface area contributed by atoms with Gasteiger partial charge in [-0.25, -0.2) is 0 Å². The zero-order valence-electron chi connectivity index (χ0n) is 7.59. The summed E-state index contributed by atoms with van der Waals surface area (Å²) in [6.45, 7) is 5.43. The summed E-state index contributed by atoms with van der Waals surface area (Å²) in [6.07, 6.45) is 1.02. The molecule has 0 spiro atoms. The Kier molecular flexibility index (Phi) is 6.07. The normalized spacial score (nSPS) is 10.5. The van der Waals surface area contributed by atoms with E-state index >= 15 is 0 Å². The highest BCUT2D eigenvalue weighted by atomic mass is 16.5. The minimum Gasteiger partial charge on any atom is -0.366 e. The van der Waals surface area contributed by atoms with Crippen molar-refractivity contribution in [1.29, 1.82) is 0 Å². The summed E-state index contributed by atoms with van der Waals surface area (Å²) in [5.41, 5.74) is 0. The van der Waals surface area contributed by atoms with Gasteiger partial charge in [0.2, 0.25) is 0 Å². The first kappa shape index (κ1) is 10.6. The van der Waals surface area contributed by atoms with Crippen LogP contribution in [-0.2, 0) is 9.53 Å². The lowest BCUT2D eigenvalue weighted by Gasteiger charge is -2.13. The van der Waals surface area contributed by atoms with Crippen LogP contribution in [0.4, 0.5) is 0 Å². The number of nitrogens with zero attached hydrogens (tertiary/aromatic N) is 1. The molecule has 0 bridgehead atoms. The minimum absolute atomic E-state index is 0.174. The number of likely N-dealkylation sites (N-methyl/N-ethyl adjacent to an activating group) is 1. The second kappa shape index (κ2) is 6.31. The Morgan fingerprint density at radius 3 is 2.64 bits per heavy atom. The molecule has 0 aromatic rings. The zero-order valence-corrected chi connectivity index (χ0v) is 7.59. The Labute approximate surface area is 68.3 Å². The topological polar surface area (TPSA) is 29.5 Å². The predicted molar refractivity (Wildman–Crippen MR) is 44.4 cm³/mol. The van der Waals surface area contributed by atoms with Gasteiger partial charge in [0.05, 0.1) is 13.3 Å². The number of ketones is 1. The summed E-state index contributed by atoms with van der Waals surface area (Å²) in [6, 6.07) is 0. The minimum atomic E-state index is 0.174. The van der Waals surface area contributed by atoms with E-state index in [1.54, 1.807) is 6.92 Å². The number of carbonyl (C=O) groups excluding carboxylic acids is 1. The van der Waals surface area contributed by atoms with E-state index in [2.05, 4.69) is 6.92 Å². The summed E-state index contributed by atoms with van der Waals surface area (Å²) in [7, 11) is 1.87. The van der Waals surface area contributed by atoms with E-state index < -0.39 is 0 Å². The van der Waals surface area contributed by atoms with Crippen molar-refractivity contribution in [1.82, 2.24) is 4.90 Å². The molecule has 0 unspecified atom stereocenters. The number of ether oxygens (including phenoxy) is 1. The van der Waals surface area contributed by atoms with Crippen molar-refractivity contribution < 1.29 is 9.53 Å².